The average Bonchev–Trinajstić information content (AvgIpc) is 2.98. The lowest BCUT2D eigenvalue weighted by molar-refractivity contribution is -0.632. The molecule has 0 aliphatic heterocycles. The number of para-hydroxylation sites is 1. The molecule has 7 heteroatoms. The number of aromatic nitrogens is 3. The lowest BCUT2D eigenvalue weighted by Gasteiger charge is -2.09. The number of nitriles is 1. The Hall–Kier alpha value is -3.43. The van der Waals surface area contributed by atoms with Gasteiger partial charge < -0.3 is 5.73 Å². The summed E-state index contributed by atoms with van der Waals surface area (Å²) < 4.78 is 16.5. The van der Waals surface area contributed by atoms with E-state index >= 15 is 0 Å². The number of nitrogens with one attached hydrogen (secondary N) is 1. The number of nitrogens with two attached hydrogens (primary N) is 1. The molecule has 2 aromatic heterocycles. The summed E-state index contributed by atoms with van der Waals surface area (Å²) >= 11 is 6.29. The third-order valence-electron chi connectivity index (χ3n) is 4.41. The Bertz CT molecular complexity index is 1200. The molecule has 3 N–H and O–H groups in total. The zero-order valence-electron chi connectivity index (χ0n) is 14.3. The Morgan fingerprint density at radius 3 is 2.56 bits per heavy atom. The number of nitrogen functional groups attached to an aromatic ring is 1. The molecule has 0 saturated heterocycles. The first-order valence-corrected chi connectivity index (χ1v) is 8.54. The molecule has 27 heavy (non-hydrogen) atoms. The first kappa shape index (κ1) is 17.0. The van der Waals surface area contributed by atoms with Gasteiger partial charge in [0.15, 0.2) is 5.69 Å². The molecule has 0 saturated carbocycles. The number of halogens is 2. The van der Waals surface area contributed by atoms with Gasteiger partial charge >= 0.3 is 5.65 Å². The maximum absolute atomic E-state index is 14.7. The van der Waals surface area contributed by atoms with Gasteiger partial charge in [-0.1, -0.05) is 35.9 Å². The van der Waals surface area contributed by atoms with E-state index in [0.717, 1.165) is 5.69 Å². The number of benzene rings is 2. The quantitative estimate of drug-likeness (QED) is 0.516. The predicted molar refractivity (Wildman–Crippen MR) is 102 cm³/mol. The minimum Gasteiger partial charge on any atom is -0.362 e. The van der Waals surface area contributed by atoms with Gasteiger partial charge in [-0.2, -0.15) is 5.26 Å². The number of nitrogens with zero attached hydrogens (tertiary/aromatic N) is 3. The lowest BCUT2D eigenvalue weighted by atomic mass is 9.96. The van der Waals surface area contributed by atoms with Crippen LogP contribution in [-0.2, 0) is 0 Å². The minimum atomic E-state index is -0.530. The Morgan fingerprint density at radius 2 is 1.89 bits per heavy atom. The van der Waals surface area contributed by atoms with Crippen molar-refractivity contribution in [2.24, 2.45) is 0 Å². The van der Waals surface area contributed by atoms with E-state index < -0.39 is 5.82 Å². The van der Waals surface area contributed by atoms with Crippen LogP contribution in [0.3, 0.4) is 0 Å². The van der Waals surface area contributed by atoms with Crippen LogP contribution in [0.5, 0.6) is 0 Å². The van der Waals surface area contributed by atoms with Crippen LogP contribution in [0.25, 0.3) is 27.8 Å². The number of aryl methyl sites for hydroxylation is 1. The summed E-state index contributed by atoms with van der Waals surface area (Å²) in [6.07, 6.45) is 0. The Balaban J connectivity index is 2.19. The minimum absolute atomic E-state index is 0.0167. The highest BCUT2D eigenvalue weighted by Crippen LogP contribution is 2.39. The van der Waals surface area contributed by atoms with Crippen LogP contribution in [0.1, 0.15) is 11.3 Å². The van der Waals surface area contributed by atoms with Crippen molar-refractivity contribution >= 4 is 28.5 Å². The van der Waals surface area contributed by atoms with Gasteiger partial charge in [-0.05, 0) is 36.2 Å². The number of rotatable bonds is 2. The molecule has 2 heterocycles. The topological polar surface area (TPSA) is 82.4 Å². The van der Waals surface area contributed by atoms with Crippen molar-refractivity contribution in [3.05, 3.63) is 70.6 Å². The molecule has 0 atom stereocenters. The zero-order chi connectivity index (χ0) is 19.1. The Labute approximate surface area is 159 Å². The van der Waals surface area contributed by atoms with Gasteiger partial charge in [0.2, 0.25) is 0 Å². The molecule has 0 unspecified atom stereocenters. The van der Waals surface area contributed by atoms with Gasteiger partial charge in [-0.15, -0.1) is 4.68 Å². The second kappa shape index (κ2) is 6.38. The van der Waals surface area contributed by atoms with Crippen LogP contribution < -0.4 is 10.4 Å². The molecular formula is C20H14ClFN5+. The molecule has 4 rings (SSSR count). The van der Waals surface area contributed by atoms with Crippen LogP contribution in [0, 0.1) is 24.1 Å². The van der Waals surface area contributed by atoms with E-state index in [-0.39, 0.29) is 22.0 Å². The molecule has 0 aliphatic rings. The SMILES string of the molecule is Cc1[nH][n+](-c2ccccc2)c2nc(N)c(C#N)c(-c3c(F)cccc3Cl)c12. The second-order valence-corrected chi connectivity index (χ2v) is 6.47. The Morgan fingerprint density at radius 1 is 1.15 bits per heavy atom. The number of fused-ring (bicyclic) bond motifs is 1. The Kier molecular flexibility index (Phi) is 4.02. The van der Waals surface area contributed by atoms with E-state index in [1.54, 1.807) is 10.7 Å². The van der Waals surface area contributed by atoms with Gasteiger partial charge in [0.25, 0.3) is 5.82 Å². The van der Waals surface area contributed by atoms with Gasteiger partial charge in [0.05, 0.1) is 10.7 Å². The summed E-state index contributed by atoms with van der Waals surface area (Å²) in [4.78, 5) is 4.41. The van der Waals surface area contributed by atoms with Crippen LogP contribution in [0.2, 0.25) is 5.02 Å². The third kappa shape index (κ3) is 2.60. The van der Waals surface area contributed by atoms with Crippen molar-refractivity contribution in [3.8, 4) is 22.9 Å². The van der Waals surface area contributed by atoms with Crippen LogP contribution in [0.15, 0.2) is 48.5 Å². The van der Waals surface area contributed by atoms with E-state index in [1.165, 1.54) is 12.1 Å². The fourth-order valence-electron chi connectivity index (χ4n) is 3.25. The van der Waals surface area contributed by atoms with Crippen molar-refractivity contribution in [1.29, 1.82) is 5.26 Å². The largest absolute Gasteiger partial charge is 0.362 e. The number of pyridine rings is 1. The molecule has 0 amide bonds. The van der Waals surface area contributed by atoms with Crippen molar-refractivity contribution in [2.45, 2.75) is 6.92 Å². The molecule has 0 aliphatic carbocycles. The normalized spacial score (nSPS) is 10.9. The summed E-state index contributed by atoms with van der Waals surface area (Å²) in [5.41, 5.74) is 8.67. The second-order valence-electron chi connectivity index (χ2n) is 6.06. The van der Waals surface area contributed by atoms with E-state index in [0.29, 0.717) is 22.3 Å². The van der Waals surface area contributed by atoms with Crippen molar-refractivity contribution in [1.82, 2.24) is 10.1 Å². The smallest absolute Gasteiger partial charge is 0.359 e. The van der Waals surface area contributed by atoms with Crippen molar-refractivity contribution in [2.75, 3.05) is 5.73 Å². The molecule has 0 bridgehead atoms. The summed E-state index contributed by atoms with van der Waals surface area (Å²) in [6, 6.07) is 16.0. The predicted octanol–water partition coefficient (Wildman–Crippen LogP) is 4.06. The van der Waals surface area contributed by atoms with E-state index in [2.05, 4.69) is 10.1 Å². The molecule has 132 valence electrons. The highest BCUT2D eigenvalue weighted by molar-refractivity contribution is 6.34. The highest BCUT2D eigenvalue weighted by Gasteiger charge is 2.29. The summed E-state index contributed by atoms with van der Waals surface area (Å²) in [6.45, 7) is 1.83. The number of hydrogen-bond donors (Lipinski definition) is 2. The number of anilines is 1. The maximum Gasteiger partial charge on any atom is 0.359 e. The van der Waals surface area contributed by atoms with Gasteiger partial charge in [-0.3, -0.25) is 0 Å². The fourth-order valence-corrected chi connectivity index (χ4v) is 3.51. The average molecular weight is 379 g/mol. The van der Waals surface area contributed by atoms with E-state index in [1.807, 2.05) is 43.3 Å². The molecule has 2 aromatic carbocycles. The van der Waals surface area contributed by atoms with Crippen LogP contribution in [-0.4, -0.2) is 10.1 Å². The van der Waals surface area contributed by atoms with Gasteiger partial charge in [0.1, 0.15) is 22.8 Å². The number of aromatic amines is 1. The number of hydrogen-bond acceptors (Lipinski definition) is 3. The van der Waals surface area contributed by atoms with Gasteiger partial charge in [-0.25, -0.2) is 9.49 Å². The molecule has 0 radical (unpaired) electrons. The summed E-state index contributed by atoms with van der Waals surface area (Å²) in [5.74, 6) is -0.513. The fraction of sp³-hybridized carbons (Fsp3) is 0.0500. The molecule has 0 fully saturated rings. The van der Waals surface area contributed by atoms with Crippen molar-refractivity contribution in [3.63, 3.8) is 0 Å². The summed E-state index contributed by atoms with van der Waals surface area (Å²) in [7, 11) is 0. The van der Waals surface area contributed by atoms with E-state index in [9.17, 15) is 9.65 Å². The van der Waals surface area contributed by atoms with Crippen LogP contribution >= 0.6 is 11.6 Å². The highest BCUT2D eigenvalue weighted by atomic mass is 35.5. The first-order chi connectivity index (χ1) is 13.0. The maximum atomic E-state index is 14.7. The monoisotopic (exact) mass is 378 g/mol. The number of H-pyrrole nitrogens is 1. The van der Waals surface area contributed by atoms with Gasteiger partial charge in [0, 0.05) is 11.1 Å². The lowest BCUT2D eigenvalue weighted by Crippen LogP contribution is -2.33. The molecule has 0 spiro atoms. The van der Waals surface area contributed by atoms with Crippen LogP contribution in [0.4, 0.5) is 10.2 Å². The molecule has 4 aromatic rings. The molecular weight excluding hydrogens is 365 g/mol. The zero-order valence-corrected chi connectivity index (χ0v) is 15.0. The summed E-state index contributed by atoms with van der Waals surface area (Å²) in [5, 5.41) is 13.7. The van der Waals surface area contributed by atoms with Crippen molar-refractivity contribution < 1.29 is 9.07 Å². The molecule has 5 nitrogen and oxygen atoms in total. The first-order valence-electron chi connectivity index (χ1n) is 8.16. The standard InChI is InChI=1S/C20H13ClFN5/c1-11-16-17(18-14(21)8-5-9-15(18)22)13(10-23)19(24)25-20(16)27(26-11)12-6-3-2-4-7-12/h2-9H,1H3,(H2,24,25,26)/p+1. The van der Waals surface area contributed by atoms with E-state index in [4.69, 9.17) is 17.3 Å². The third-order valence-corrected chi connectivity index (χ3v) is 4.73.